The first kappa shape index (κ1) is 21.9. The summed E-state index contributed by atoms with van der Waals surface area (Å²) in [5.41, 5.74) is 2.18. The molecule has 0 saturated carbocycles. The number of thiocarbonyl (C=S) groups is 1. The number of anilines is 1. The Hall–Kier alpha value is -2.44. The van der Waals surface area contributed by atoms with Gasteiger partial charge in [-0.15, -0.1) is 0 Å². The van der Waals surface area contributed by atoms with E-state index in [1.54, 1.807) is 30.3 Å². The molecular weight excluding hydrogens is 394 g/mol. The molecule has 148 valence electrons. The summed E-state index contributed by atoms with van der Waals surface area (Å²) in [6.07, 6.45) is 1.68. The first-order chi connectivity index (χ1) is 13.4. The number of carbonyl (C=O) groups is 2. The summed E-state index contributed by atoms with van der Waals surface area (Å²) in [7, 11) is 0. The van der Waals surface area contributed by atoms with Crippen LogP contribution >= 0.6 is 23.8 Å². The number of halogens is 1. The summed E-state index contributed by atoms with van der Waals surface area (Å²) in [4.78, 5) is 24.2. The number of hydrogen-bond donors (Lipinski definition) is 3. The summed E-state index contributed by atoms with van der Waals surface area (Å²) in [5.74, 6) is -0.307. The second-order valence-corrected chi connectivity index (χ2v) is 7.27. The summed E-state index contributed by atoms with van der Waals surface area (Å²) < 4.78 is 0. The van der Waals surface area contributed by atoms with Crippen LogP contribution in [0.3, 0.4) is 0 Å². The second-order valence-electron chi connectivity index (χ2n) is 6.45. The van der Waals surface area contributed by atoms with Crippen molar-refractivity contribution in [2.75, 3.05) is 5.32 Å². The van der Waals surface area contributed by atoms with Gasteiger partial charge in [-0.3, -0.25) is 9.59 Å². The molecule has 0 fully saturated rings. The third-order valence-corrected chi connectivity index (χ3v) is 4.80. The Kier molecular flexibility index (Phi) is 8.42. The van der Waals surface area contributed by atoms with Crippen LogP contribution in [0.1, 0.15) is 42.6 Å². The highest BCUT2D eigenvalue weighted by atomic mass is 35.5. The van der Waals surface area contributed by atoms with E-state index >= 15 is 0 Å². The van der Waals surface area contributed by atoms with Gasteiger partial charge >= 0.3 is 0 Å². The first-order valence-corrected chi connectivity index (χ1v) is 9.92. The molecule has 3 N–H and O–H groups in total. The normalized spacial score (nSPS) is 11.4. The van der Waals surface area contributed by atoms with Gasteiger partial charge < -0.3 is 16.0 Å². The van der Waals surface area contributed by atoms with E-state index in [0.29, 0.717) is 22.7 Å². The lowest BCUT2D eigenvalue weighted by Gasteiger charge is -2.12. The monoisotopic (exact) mass is 417 g/mol. The van der Waals surface area contributed by atoms with Gasteiger partial charge in [0.15, 0.2) is 5.11 Å². The molecule has 28 heavy (non-hydrogen) atoms. The average molecular weight is 418 g/mol. The molecule has 1 atom stereocenters. The van der Waals surface area contributed by atoms with E-state index in [1.165, 1.54) is 0 Å². The zero-order valence-electron chi connectivity index (χ0n) is 15.9. The van der Waals surface area contributed by atoms with Crippen molar-refractivity contribution >= 4 is 46.4 Å². The minimum Gasteiger partial charge on any atom is -0.350 e. The highest BCUT2D eigenvalue weighted by Gasteiger charge is 2.10. The largest absolute Gasteiger partial charge is 0.350 e. The highest BCUT2D eigenvalue weighted by molar-refractivity contribution is 7.80. The van der Waals surface area contributed by atoms with Crippen molar-refractivity contribution in [1.82, 2.24) is 10.6 Å². The number of hydrogen-bond acceptors (Lipinski definition) is 3. The van der Waals surface area contributed by atoms with E-state index in [4.69, 9.17) is 23.8 Å². The average Bonchev–Trinajstić information content (AvgIpc) is 2.67. The fourth-order valence-corrected chi connectivity index (χ4v) is 2.88. The van der Waals surface area contributed by atoms with Crippen molar-refractivity contribution in [3.05, 3.63) is 64.7 Å². The summed E-state index contributed by atoms with van der Waals surface area (Å²) >= 11 is 11.3. The van der Waals surface area contributed by atoms with Gasteiger partial charge in [0, 0.05) is 28.7 Å². The molecule has 0 spiro atoms. The predicted octanol–water partition coefficient (Wildman–Crippen LogP) is 4.31. The Morgan fingerprint density at radius 1 is 1.11 bits per heavy atom. The molecule has 0 aliphatic heterocycles. The van der Waals surface area contributed by atoms with Crippen molar-refractivity contribution in [2.45, 2.75) is 39.2 Å². The molecule has 0 bridgehead atoms. The molecule has 0 aliphatic carbocycles. The van der Waals surface area contributed by atoms with Crippen molar-refractivity contribution in [2.24, 2.45) is 0 Å². The predicted molar refractivity (Wildman–Crippen MR) is 118 cm³/mol. The van der Waals surface area contributed by atoms with Gasteiger partial charge in [0.05, 0.1) is 0 Å². The van der Waals surface area contributed by atoms with E-state index in [0.717, 1.165) is 12.0 Å². The number of aryl methyl sites for hydroxylation is 1. The summed E-state index contributed by atoms with van der Waals surface area (Å²) in [6.45, 7) is 3.97. The summed E-state index contributed by atoms with van der Waals surface area (Å²) in [5, 5.41) is 9.36. The Bertz CT molecular complexity index is 840. The molecule has 0 heterocycles. The van der Waals surface area contributed by atoms with Gasteiger partial charge in [-0.25, -0.2) is 0 Å². The maximum atomic E-state index is 12.1. The van der Waals surface area contributed by atoms with E-state index < -0.39 is 0 Å². The molecular formula is C21H24ClN3O2S. The van der Waals surface area contributed by atoms with Crippen LogP contribution < -0.4 is 16.0 Å². The van der Waals surface area contributed by atoms with Crippen LogP contribution in [-0.4, -0.2) is 23.0 Å². The van der Waals surface area contributed by atoms with Crippen molar-refractivity contribution < 1.29 is 9.59 Å². The maximum absolute atomic E-state index is 12.1. The third kappa shape index (κ3) is 6.94. The van der Waals surface area contributed by atoms with E-state index in [2.05, 4.69) is 16.0 Å². The quantitative estimate of drug-likeness (QED) is 0.587. The number of amides is 2. The van der Waals surface area contributed by atoms with Gasteiger partial charge in [-0.05, 0) is 67.9 Å². The lowest BCUT2D eigenvalue weighted by atomic mass is 10.1. The number of benzene rings is 2. The Labute approximate surface area is 175 Å². The maximum Gasteiger partial charge on any atom is 0.251 e. The second kappa shape index (κ2) is 10.8. The van der Waals surface area contributed by atoms with Crippen LogP contribution in [0.5, 0.6) is 0 Å². The first-order valence-electron chi connectivity index (χ1n) is 9.14. The van der Waals surface area contributed by atoms with Crippen LogP contribution in [-0.2, 0) is 11.2 Å². The third-order valence-electron chi connectivity index (χ3n) is 4.23. The van der Waals surface area contributed by atoms with Crippen molar-refractivity contribution in [3.63, 3.8) is 0 Å². The van der Waals surface area contributed by atoms with Crippen LogP contribution in [0.25, 0.3) is 0 Å². The van der Waals surface area contributed by atoms with Gasteiger partial charge in [-0.1, -0.05) is 36.7 Å². The van der Waals surface area contributed by atoms with Crippen LogP contribution in [0.2, 0.25) is 5.02 Å². The lowest BCUT2D eigenvalue weighted by molar-refractivity contribution is -0.119. The molecule has 2 amide bonds. The molecule has 5 nitrogen and oxygen atoms in total. The smallest absolute Gasteiger partial charge is 0.251 e. The molecule has 7 heteroatoms. The fraction of sp³-hybridized carbons (Fsp3) is 0.286. The molecule has 2 aromatic rings. The van der Waals surface area contributed by atoms with Gasteiger partial charge in [0.2, 0.25) is 5.91 Å². The highest BCUT2D eigenvalue weighted by Crippen LogP contribution is 2.16. The van der Waals surface area contributed by atoms with E-state index in [9.17, 15) is 9.59 Å². The van der Waals surface area contributed by atoms with Crippen molar-refractivity contribution in [1.29, 1.82) is 0 Å². The van der Waals surface area contributed by atoms with E-state index in [1.807, 2.05) is 32.0 Å². The number of nitrogens with one attached hydrogen (secondary N) is 3. The van der Waals surface area contributed by atoms with Gasteiger partial charge in [-0.2, -0.15) is 0 Å². The molecule has 2 aromatic carbocycles. The Balaban J connectivity index is 1.81. The Morgan fingerprint density at radius 2 is 1.79 bits per heavy atom. The molecule has 2 rings (SSSR count). The van der Waals surface area contributed by atoms with Crippen LogP contribution in [0.15, 0.2) is 48.5 Å². The van der Waals surface area contributed by atoms with Gasteiger partial charge in [0.25, 0.3) is 5.91 Å². The van der Waals surface area contributed by atoms with Crippen LogP contribution in [0, 0.1) is 0 Å². The molecule has 0 aromatic heterocycles. The summed E-state index contributed by atoms with van der Waals surface area (Å²) in [6, 6.07) is 14.5. The SMILES string of the molecule is CCC(C)NC(=O)c1ccc(NC(=S)NC(=O)CCc2ccccc2Cl)cc1. The van der Waals surface area contributed by atoms with Crippen molar-refractivity contribution in [3.8, 4) is 0 Å². The van der Waals surface area contributed by atoms with Crippen LogP contribution in [0.4, 0.5) is 5.69 Å². The van der Waals surface area contributed by atoms with E-state index in [-0.39, 0.29) is 29.4 Å². The molecule has 1 unspecified atom stereocenters. The number of carbonyl (C=O) groups excluding carboxylic acids is 2. The zero-order chi connectivity index (χ0) is 20.5. The molecule has 0 radical (unpaired) electrons. The molecule has 0 saturated heterocycles. The minimum atomic E-state index is -0.193. The topological polar surface area (TPSA) is 70.2 Å². The zero-order valence-corrected chi connectivity index (χ0v) is 17.5. The Morgan fingerprint density at radius 3 is 2.43 bits per heavy atom. The number of rotatable bonds is 7. The molecule has 0 aliphatic rings. The fourth-order valence-electron chi connectivity index (χ4n) is 2.41. The van der Waals surface area contributed by atoms with Gasteiger partial charge in [0.1, 0.15) is 0 Å². The standard InChI is InChI=1S/C21H24ClN3O2S/c1-3-14(2)23-20(27)16-8-11-17(12-9-16)24-21(28)25-19(26)13-10-15-6-4-5-7-18(15)22/h4-9,11-12,14H,3,10,13H2,1-2H3,(H,23,27)(H2,24,25,26,28). The lowest BCUT2D eigenvalue weighted by Crippen LogP contribution is -2.34. The minimum absolute atomic E-state index is 0.114.